The maximum atomic E-state index is 3.67. The van der Waals surface area contributed by atoms with E-state index in [1.54, 1.807) is 0 Å². The lowest BCUT2D eigenvalue weighted by Gasteiger charge is -2.10. The van der Waals surface area contributed by atoms with Crippen LogP contribution in [-0.2, 0) is 0 Å². The molecule has 0 aliphatic rings. The van der Waals surface area contributed by atoms with Crippen molar-refractivity contribution < 1.29 is 0 Å². The average molecular weight is 526 g/mol. The van der Waals surface area contributed by atoms with Crippen LogP contribution in [0.4, 0.5) is 0 Å². The van der Waals surface area contributed by atoms with E-state index < -0.39 is 0 Å². The predicted molar refractivity (Wildman–Crippen MR) is 174 cm³/mol. The summed E-state index contributed by atoms with van der Waals surface area (Å²) in [5, 5.41) is 7.61. The van der Waals surface area contributed by atoms with Crippen molar-refractivity contribution in [3.8, 4) is 11.4 Å². The van der Waals surface area contributed by atoms with Crippen molar-refractivity contribution in [1.29, 1.82) is 0 Å². The third-order valence-corrected chi connectivity index (χ3v) is 8.74. The number of aryl methyl sites for hydroxylation is 2. The molecule has 9 rings (SSSR count). The third kappa shape index (κ3) is 3.14. The molecule has 0 amide bonds. The van der Waals surface area contributed by atoms with E-state index in [-0.39, 0.29) is 0 Å². The first-order valence-corrected chi connectivity index (χ1v) is 14.2. The molecule has 194 valence electrons. The molecule has 6 aromatic carbocycles. The van der Waals surface area contributed by atoms with Crippen LogP contribution < -0.4 is 0 Å². The molecule has 1 N–H and O–H groups in total. The van der Waals surface area contributed by atoms with Gasteiger partial charge in [-0.05, 0) is 86.1 Å². The second-order valence-electron chi connectivity index (χ2n) is 11.3. The summed E-state index contributed by atoms with van der Waals surface area (Å²) < 4.78 is 4.82. The Morgan fingerprint density at radius 3 is 1.59 bits per heavy atom. The molecule has 0 unspecified atom stereocenters. The molecule has 0 spiro atoms. The summed E-state index contributed by atoms with van der Waals surface area (Å²) >= 11 is 0. The Kier molecular flexibility index (Phi) is 4.46. The summed E-state index contributed by atoms with van der Waals surface area (Å²) in [4.78, 5) is 3.67. The fourth-order valence-corrected chi connectivity index (χ4v) is 6.88. The van der Waals surface area contributed by atoms with E-state index in [2.05, 4.69) is 149 Å². The zero-order chi connectivity index (χ0) is 27.2. The summed E-state index contributed by atoms with van der Waals surface area (Å²) in [6, 6.07) is 44.6. The molecular formula is C38H27N3. The smallest absolute Gasteiger partial charge is 0.0543 e. The molecule has 3 aromatic heterocycles. The first-order valence-electron chi connectivity index (χ1n) is 14.2. The van der Waals surface area contributed by atoms with Crippen LogP contribution in [0.5, 0.6) is 0 Å². The predicted octanol–water partition coefficient (Wildman–Crippen LogP) is 10.1. The quantitative estimate of drug-likeness (QED) is 0.232. The summed E-state index contributed by atoms with van der Waals surface area (Å²) in [5.74, 6) is 0. The zero-order valence-electron chi connectivity index (χ0n) is 22.9. The van der Waals surface area contributed by atoms with E-state index in [9.17, 15) is 0 Å². The van der Waals surface area contributed by atoms with Gasteiger partial charge in [-0.3, -0.25) is 0 Å². The van der Waals surface area contributed by atoms with Crippen LogP contribution in [0.25, 0.3) is 76.8 Å². The Bertz CT molecular complexity index is 2500. The van der Waals surface area contributed by atoms with Crippen LogP contribution >= 0.6 is 0 Å². The van der Waals surface area contributed by atoms with Crippen LogP contribution in [-0.4, -0.2) is 14.1 Å². The summed E-state index contributed by atoms with van der Waals surface area (Å²) in [6.07, 6.45) is 0. The van der Waals surface area contributed by atoms with Crippen LogP contribution in [0.1, 0.15) is 11.1 Å². The Morgan fingerprint density at radius 1 is 0.390 bits per heavy atom. The maximum Gasteiger partial charge on any atom is 0.0543 e. The largest absolute Gasteiger partial charge is 0.355 e. The number of rotatable bonds is 2. The molecule has 0 atom stereocenters. The molecule has 41 heavy (non-hydrogen) atoms. The van der Waals surface area contributed by atoms with Gasteiger partial charge < -0.3 is 14.1 Å². The summed E-state index contributed by atoms with van der Waals surface area (Å²) in [5.41, 5.74) is 12.1. The van der Waals surface area contributed by atoms with Crippen LogP contribution in [0.2, 0.25) is 0 Å². The number of para-hydroxylation sites is 2. The molecular weight excluding hydrogens is 498 g/mol. The van der Waals surface area contributed by atoms with E-state index in [4.69, 9.17) is 0 Å². The molecule has 3 heterocycles. The van der Waals surface area contributed by atoms with E-state index in [1.807, 2.05) is 0 Å². The Balaban J connectivity index is 1.32. The number of fused-ring (bicyclic) bond motifs is 9. The summed E-state index contributed by atoms with van der Waals surface area (Å²) in [7, 11) is 0. The lowest BCUT2D eigenvalue weighted by atomic mass is 10.1. The molecule has 0 saturated carbocycles. The average Bonchev–Trinajstić information content (AvgIpc) is 3.63. The molecule has 3 heteroatoms. The zero-order valence-corrected chi connectivity index (χ0v) is 22.9. The minimum atomic E-state index is 1.15. The number of benzene rings is 6. The number of H-pyrrole nitrogens is 1. The van der Waals surface area contributed by atoms with E-state index in [0.717, 1.165) is 11.0 Å². The Hall–Kier alpha value is -5.28. The Morgan fingerprint density at radius 2 is 0.902 bits per heavy atom. The standard InChI is InChI=1S/C38H27N3/c1-23-12-18-37-32(19-23)28-8-4-6-10-36(28)40(37)25-13-16-33-30(21-25)31-22-26(14-17-34(31)39-33)41-35-9-5-3-7-27(35)29-15-11-24(2)20-38(29)41/h3-22,39H,1-2H3. The van der Waals surface area contributed by atoms with Crippen LogP contribution in [0, 0.1) is 13.8 Å². The topological polar surface area (TPSA) is 25.6 Å². The van der Waals surface area contributed by atoms with Crippen molar-refractivity contribution in [3.63, 3.8) is 0 Å². The van der Waals surface area contributed by atoms with Crippen molar-refractivity contribution >= 4 is 65.4 Å². The van der Waals surface area contributed by atoms with Crippen molar-refractivity contribution in [2.75, 3.05) is 0 Å². The Labute approximate surface area is 236 Å². The van der Waals surface area contributed by atoms with Gasteiger partial charge >= 0.3 is 0 Å². The molecule has 0 radical (unpaired) electrons. The minimum Gasteiger partial charge on any atom is -0.355 e. The SMILES string of the molecule is Cc1ccc2c(c1)c1ccccc1n2-c1ccc2[nH]c3ccc(-n4c5ccccc5c5ccc(C)cc54)cc3c2c1. The lowest BCUT2D eigenvalue weighted by Crippen LogP contribution is -1.94. The minimum absolute atomic E-state index is 1.15. The second-order valence-corrected chi connectivity index (χ2v) is 11.3. The summed E-state index contributed by atoms with van der Waals surface area (Å²) in [6.45, 7) is 4.33. The van der Waals surface area contributed by atoms with E-state index in [1.165, 1.54) is 76.9 Å². The number of hydrogen-bond donors (Lipinski definition) is 1. The van der Waals surface area contributed by atoms with Crippen LogP contribution in [0.3, 0.4) is 0 Å². The number of nitrogens with one attached hydrogen (secondary N) is 1. The van der Waals surface area contributed by atoms with Crippen molar-refractivity contribution in [3.05, 3.63) is 132 Å². The first kappa shape index (κ1) is 22.5. The van der Waals surface area contributed by atoms with Gasteiger partial charge in [-0.25, -0.2) is 0 Å². The second kappa shape index (κ2) is 8.12. The van der Waals surface area contributed by atoms with Crippen molar-refractivity contribution in [1.82, 2.24) is 14.1 Å². The van der Waals surface area contributed by atoms with Crippen LogP contribution in [0.15, 0.2) is 121 Å². The van der Waals surface area contributed by atoms with Gasteiger partial charge in [0.1, 0.15) is 0 Å². The highest BCUT2D eigenvalue weighted by molar-refractivity contribution is 6.13. The van der Waals surface area contributed by atoms with Gasteiger partial charge in [-0.2, -0.15) is 0 Å². The first-order chi connectivity index (χ1) is 20.1. The van der Waals surface area contributed by atoms with Crippen molar-refractivity contribution in [2.45, 2.75) is 13.8 Å². The van der Waals surface area contributed by atoms with Gasteiger partial charge in [0.2, 0.25) is 0 Å². The number of aromatic nitrogens is 3. The highest BCUT2D eigenvalue weighted by atomic mass is 15.0. The van der Waals surface area contributed by atoms with Gasteiger partial charge in [0.15, 0.2) is 0 Å². The van der Waals surface area contributed by atoms with E-state index in [0.29, 0.717) is 0 Å². The fraction of sp³-hybridized carbons (Fsp3) is 0.0526. The highest BCUT2D eigenvalue weighted by Crippen LogP contribution is 2.37. The normalized spacial score (nSPS) is 12.1. The molecule has 0 saturated heterocycles. The van der Waals surface area contributed by atoms with Gasteiger partial charge in [0, 0.05) is 54.7 Å². The highest BCUT2D eigenvalue weighted by Gasteiger charge is 2.16. The van der Waals surface area contributed by atoms with Crippen molar-refractivity contribution in [2.24, 2.45) is 0 Å². The fourth-order valence-electron chi connectivity index (χ4n) is 6.88. The maximum absolute atomic E-state index is 3.67. The van der Waals surface area contributed by atoms with E-state index >= 15 is 0 Å². The third-order valence-electron chi connectivity index (χ3n) is 8.74. The molecule has 0 aliphatic carbocycles. The van der Waals surface area contributed by atoms with Gasteiger partial charge in [0.25, 0.3) is 0 Å². The molecule has 0 fully saturated rings. The van der Waals surface area contributed by atoms with Gasteiger partial charge in [-0.1, -0.05) is 60.2 Å². The number of aromatic amines is 1. The van der Waals surface area contributed by atoms with Gasteiger partial charge in [-0.15, -0.1) is 0 Å². The number of hydrogen-bond acceptors (Lipinski definition) is 0. The number of nitrogens with zero attached hydrogens (tertiary/aromatic N) is 2. The lowest BCUT2D eigenvalue weighted by molar-refractivity contribution is 1.18. The monoisotopic (exact) mass is 525 g/mol. The molecule has 3 nitrogen and oxygen atoms in total. The molecule has 0 aliphatic heterocycles. The molecule has 9 aromatic rings. The molecule has 0 bridgehead atoms. The van der Waals surface area contributed by atoms with Gasteiger partial charge in [0.05, 0.1) is 22.1 Å².